The van der Waals surface area contributed by atoms with E-state index in [1.165, 1.54) is 5.56 Å². The van der Waals surface area contributed by atoms with Crippen LogP contribution in [0.1, 0.15) is 35.6 Å². The van der Waals surface area contributed by atoms with Crippen LogP contribution in [0.2, 0.25) is 5.02 Å². The second-order valence-electron chi connectivity index (χ2n) is 6.97. The topological polar surface area (TPSA) is 41.5 Å². The fourth-order valence-electron chi connectivity index (χ4n) is 3.02. The van der Waals surface area contributed by atoms with Crippen LogP contribution in [-0.4, -0.2) is 18.2 Å². The number of hydrogen-bond acceptors (Lipinski definition) is 3. The van der Waals surface area contributed by atoms with Crippen LogP contribution in [0.25, 0.3) is 0 Å². The molecule has 0 spiro atoms. The van der Waals surface area contributed by atoms with Gasteiger partial charge in [0.25, 0.3) is 0 Å². The van der Waals surface area contributed by atoms with Crippen LogP contribution in [-0.2, 0) is 6.61 Å². The lowest BCUT2D eigenvalue weighted by atomic mass is 10.0. The van der Waals surface area contributed by atoms with Gasteiger partial charge in [-0.05, 0) is 46.9 Å². The van der Waals surface area contributed by atoms with E-state index in [0.717, 1.165) is 23.4 Å². The smallest absolute Gasteiger partial charge is 0.119 e. The molecular weight excluding hydrogens is 370 g/mol. The number of ether oxygens (including phenoxy) is 1. The van der Waals surface area contributed by atoms with E-state index in [1.807, 2.05) is 42.5 Å². The van der Waals surface area contributed by atoms with E-state index in [4.69, 9.17) is 16.3 Å². The molecule has 3 aromatic rings. The number of benzene rings is 3. The Hall–Kier alpha value is -2.33. The van der Waals surface area contributed by atoms with Gasteiger partial charge in [-0.15, -0.1) is 0 Å². The van der Waals surface area contributed by atoms with Gasteiger partial charge in [-0.3, -0.25) is 0 Å². The minimum absolute atomic E-state index is 0.328. The minimum Gasteiger partial charge on any atom is -0.489 e. The molecule has 3 nitrogen and oxygen atoms in total. The molecule has 146 valence electrons. The largest absolute Gasteiger partial charge is 0.489 e. The summed E-state index contributed by atoms with van der Waals surface area (Å²) < 4.78 is 5.84. The molecule has 2 N–H and O–H groups in total. The second-order valence-corrected chi connectivity index (χ2v) is 7.41. The van der Waals surface area contributed by atoms with Crippen molar-refractivity contribution >= 4 is 11.6 Å². The Labute approximate surface area is 171 Å². The average Bonchev–Trinajstić information content (AvgIpc) is 2.73. The molecule has 0 heterocycles. The van der Waals surface area contributed by atoms with Crippen molar-refractivity contribution in [3.63, 3.8) is 0 Å². The van der Waals surface area contributed by atoms with Crippen molar-refractivity contribution in [1.82, 2.24) is 5.32 Å². The van der Waals surface area contributed by atoms with Crippen molar-refractivity contribution in [3.05, 3.63) is 101 Å². The first-order chi connectivity index (χ1) is 13.6. The lowest BCUT2D eigenvalue weighted by Crippen LogP contribution is -2.25. The maximum Gasteiger partial charge on any atom is 0.119 e. The molecule has 2 atom stereocenters. The predicted molar refractivity (Wildman–Crippen MR) is 115 cm³/mol. The van der Waals surface area contributed by atoms with Gasteiger partial charge in [0.05, 0.1) is 6.10 Å². The van der Waals surface area contributed by atoms with E-state index in [1.54, 1.807) is 12.1 Å². The van der Waals surface area contributed by atoms with Gasteiger partial charge in [-0.25, -0.2) is 0 Å². The predicted octanol–water partition coefficient (Wildman–Crippen LogP) is 5.35. The third-order valence-corrected chi connectivity index (χ3v) is 4.95. The van der Waals surface area contributed by atoms with Gasteiger partial charge in [0.1, 0.15) is 12.4 Å². The molecule has 0 radical (unpaired) electrons. The maximum atomic E-state index is 10.3. The zero-order valence-electron chi connectivity index (χ0n) is 16.0. The summed E-state index contributed by atoms with van der Waals surface area (Å²) in [4.78, 5) is 0. The van der Waals surface area contributed by atoms with Crippen molar-refractivity contribution in [2.24, 2.45) is 0 Å². The van der Waals surface area contributed by atoms with Crippen LogP contribution in [0.4, 0.5) is 0 Å². The van der Waals surface area contributed by atoms with E-state index in [2.05, 4.69) is 36.5 Å². The number of halogens is 1. The molecule has 0 bridgehead atoms. The van der Waals surface area contributed by atoms with Gasteiger partial charge in [0.15, 0.2) is 0 Å². The lowest BCUT2D eigenvalue weighted by molar-refractivity contribution is 0.174. The van der Waals surface area contributed by atoms with Crippen molar-refractivity contribution in [2.75, 3.05) is 13.1 Å². The van der Waals surface area contributed by atoms with Gasteiger partial charge in [-0.1, -0.05) is 73.1 Å². The SMILES string of the molecule is CC(CNCC(O)c1cccc(Cl)c1)c1ccc(OCc2ccccc2)cc1. The number of rotatable bonds is 9. The van der Waals surface area contributed by atoms with E-state index in [9.17, 15) is 5.11 Å². The standard InChI is InChI=1S/C24H26ClNO2/c1-18(15-26-16-24(27)21-8-5-9-22(25)14-21)20-10-12-23(13-11-20)28-17-19-6-3-2-4-7-19/h2-14,18,24,26-27H,15-17H2,1H3. The van der Waals surface area contributed by atoms with E-state index in [0.29, 0.717) is 24.1 Å². The molecule has 4 heteroatoms. The number of nitrogens with one attached hydrogen (secondary N) is 1. The van der Waals surface area contributed by atoms with E-state index < -0.39 is 6.10 Å². The Kier molecular flexibility index (Phi) is 7.49. The molecule has 3 rings (SSSR count). The molecule has 0 amide bonds. The fraction of sp³-hybridized carbons (Fsp3) is 0.250. The van der Waals surface area contributed by atoms with E-state index in [-0.39, 0.29) is 0 Å². The van der Waals surface area contributed by atoms with Crippen LogP contribution >= 0.6 is 11.6 Å². The van der Waals surface area contributed by atoms with Gasteiger partial charge in [0, 0.05) is 18.1 Å². The summed E-state index contributed by atoms with van der Waals surface area (Å²) in [6.07, 6.45) is -0.570. The molecule has 0 aliphatic heterocycles. The Morgan fingerprint density at radius 3 is 2.36 bits per heavy atom. The third kappa shape index (κ3) is 6.10. The summed E-state index contributed by atoms with van der Waals surface area (Å²) >= 11 is 5.98. The van der Waals surface area contributed by atoms with Gasteiger partial charge in [0.2, 0.25) is 0 Å². The number of aliphatic hydroxyl groups excluding tert-OH is 1. The summed E-state index contributed by atoms with van der Waals surface area (Å²) in [5.41, 5.74) is 3.21. The van der Waals surface area contributed by atoms with Crippen LogP contribution in [0.5, 0.6) is 5.75 Å². The molecule has 2 unspecified atom stereocenters. The zero-order valence-corrected chi connectivity index (χ0v) is 16.8. The Bertz CT molecular complexity index is 852. The summed E-state index contributed by atoms with van der Waals surface area (Å²) in [6.45, 7) is 4.00. The van der Waals surface area contributed by atoms with Crippen molar-refractivity contribution in [2.45, 2.75) is 25.6 Å². The van der Waals surface area contributed by atoms with Gasteiger partial charge >= 0.3 is 0 Å². The minimum atomic E-state index is -0.570. The second kappa shape index (κ2) is 10.3. The monoisotopic (exact) mass is 395 g/mol. The first kappa shape index (κ1) is 20.4. The first-order valence-electron chi connectivity index (χ1n) is 9.53. The molecular formula is C24H26ClNO2. The Morgan fingerprint density at radius 1 is 0.893 bits per heavy atom. The third-order valence-electron chi connectivity index (χ3n) is 4.72. The number of hydrogen-bond donors (Lipinski definition) is 2. The highest BCUT2D eigenvalue weighted by molar-refractivity contribution is 6.30. The fourth-order valence-corrected chi connectivity index (χ4v) is 3.22. The summed E-state index contributed by atoms with van der Waals surface area (Å²) in [5, 5.41) is 14.3. The summed E-state index contributed by atoms with van der Waals surface area (Å²) in [7, 11) is 0. The van der Waals surface area contributed by atoms with Gasteiger partial charge < -0.3 is 15.2 Å². The lowest BCUT2D eigenvalue weighted by Gasteiger charge is -2.17. The molecule has 0 saturated heterocycles. The van der Waals surface area contributed by atoms with Crippen molar-refractivity contribution in [1.29, 1.82) is 0 Å². The van der Waals surface area contributed by atoms with Gasteiger partial charge in [-0.2, -0.15) is 0 Å². The highest BCUT2D eigenvalue weighted by atomic mass is 35.5. The molecule has 3 aromatic carbocycles. The van der Waals surface area contributed by atoms with Crippen molar-refractivity contribution in [3.8, 4) is 5.75 Å². The highest BCUT2D eigenvalue weighted by Crippen LogP contribution is 2.21. The van der Waals surface area contributed by atoms with Crippen molar-refractivity contribution < 1.29 is 9.84 Å². The van der Waals surface area contributed by atoms with Crippen LogP contribution in [0.3, 0.4) is 0 Å². The molecule has 28 heavy (non-hydrogen) atoms. The Balaban J connectivity index is 1.44. The summed E-state index contributed by atoms with van der Waals surface area (Å²) in [5.74, 6) is 1.19. The average molecular weight is 396 g/mol. The highest BCUT2D eigenvalue weighted by Gasteiger charge is 2.10. The quantitative estimate of drug-likeness (QED) is 0.513. The summed E-state index contributed by atoms with van der Waals surface area (Å²) in [6, 6.07) is 25.7. The first-order valence-corrected chi connectivity index (χ1v) is 9.90. The molecule has 0 aromatic heterocycles. The van der Waals surface area contributed by atoms with Crippen LogP contribution < -0.4 is 10.1 Å². The number of aliphatic hydroxyl groups is 1. The maximum absolute atomic E-state index is 10.3. The zero-order chi connectivity index (χ0) is 19.8. The molecule has 0 aliphatic carbocycles. The normalized spacial score (nSPS) is 13.1. The Morgan fingerprint density at radius 2 is 1.64 bits per heavy atom. The molecule has 0 aliphatic rings. The molecule has 0 saturated carbocycles. The van der Waals surface area contributed by atoms with Crippen LogP contribution in [0, 0.1) is 0 Å². The molecule has 0 fully saturated rings. The van der Waals surface area contributed by atoms with E-state index >= 15 is 0 Å². The van der Waals surface area contributed by atoms with Crippen LogP contribution in [0.15, 0.2) is 78.9 Å².